The predicted octanol–water partition coefficient (Wildman–Crippen LogP) is 2.02. The molecule has 1 fully saturated rings. The van der Waals surface area contributed by atoms with Crippen LogP contribution >= 0.6 is 24.8 Å². The van der Waals surface area contributed by atoms with Crippen LogP contribution in [0, 0.1) is 6.92 Å². The second-order valence-corrected chi connectivity index (χ2v) is 5.65. The lowest BCUT2D eigenvalue weighted by molar-refractivity contribution is -0.124. The number of morpholine rings is 1. The van der Waals surface area contributed by atoms with Crippen molar-refractivity contribution in [3.8, 4) is 5.69 Å². The van der Waals surface area contributed by atoms with Crippen LogP contribution in [0.1, 0.15) is 17.8 Å². The van der Waals surface area contributed by atoms with Crippen molar-refractivity contribution in [3.05, 3.63) is 48.0 Å². The Morgan fingerprint density at radius 2 is 2.20 bits per heavy atom. The molecule has 2 heterocycles. The van der Waals surface area contributed by atoms with E-state index in [1.54, 1.807) is 6.20 Å². The number of carbonyl (C=O) groups is 1. The first-order chi connectivity index (χ1) is 11.2. The highest BCUT2D eigenvalue weighted by molar-refractivity contribution is 5.85. The number of imidazole rings is 1. The van der Waals surface area contributed by atoms with Crippen LogP contribution in [0.5, 0.6) is 0 Å². The molecule has 138 valence electrons. The van der Waals surface area contributed by atoms with Gasteiger partial charge in [-0.1, -0.05) is 18.2 Å². The highest BCUT2D eigenvalue weighted by Crippen LogP contribution is 2.16. The fourth-order valence-electron chi connectivity index (χ4n) is 2.75. The summed E-state index contributed by atoms with van der Waals surface area (Å²) < 4.78 is 7.59. The lowest BCUT2D eigenvalue weighted by Gasteiger charge is -2.23. The van der Waals surface area contributed by atoms with Gasteiger partial charge in [-0.05, 0) is 18.6 Å². The van der Waals surface area contributed by atoms with Gasteiger partial charge in [0.05, 0.1) is 24.8 Å². The Morgan fingerprint density at radius 1 is 1.40 bits per heavy atom. The fraction of sp³-hybridized carbons (Fsp3) is 0.412. The summed E-state index contributed by atoms with van der Waals surface area (Å²) >= 11 is 0. The maximum atomic E-state index is 12.1. The van der Waals surface area contributed by atoms with E-state index in [1.807, 2.05) is 42.0 Å². The van der Waals surface area contributed by atoms with Crippen LogP contribution in [0.2, 0.25) is 0 Å². The summed E-state index contributed by atoms with van der Waals surface area (Å²) in [5.74, 6) is 0.932. The molecule has 0 spiro atoms. The van der Waals surface area contributed by atoms with E-state index < -0.39 is 0 Å². The second kappa shape index (κ2) is 10.4. The molecule has 1 aromatic carbocycles. The quantitative estimate of drug-likeness (QED) is 0.824. The Kier molecular flexibility index (Phi) is 8.92. The zero-order chi connectivity index (χ0) is 16.1. The molecular formula is C17H24Cl2N4O2. The summed E-state index contributed by atoms with van der Waals surface area (Å²) in [6, 6.07) is 8.02. The maximum Gasteiger partial charge on any atom is 0.222 e. The molecule has 2 aromatic rings. The average Bonchev–Trinajstić information content (AvgIpc) is 3.00. The number of hydrogen-bond donors (Lipinski definition) is 2. The number of aryl methyl sites for hydroxylation is 1. The molecule has 1 aliphatic rings. The summed E-state index contributed by atoms with van der Waals surface area (Å²) in [7, 11) is 0. The molecule has 8 heteroatoms. The van der Waals surface area contributed by atoms with Crippen LogP contribution in [-0.2, 0) is 16.1 Å². The number of carbonyl (C=O) groups excluding carboxylic acids is 1. The van der Waals surface area contributed by atoms with Crippen LogP contribution in [0.25, 0.3) is 5.69 Å². The van der Waals surface area contributed by atoms with Gasteiger partial charge in [-0.3, -0.25) is 4.79 Å². The molecule has 0 aliphatic carbocycles. The van der Waals surface area contributed by atoms with Gasteiger partial charge in [0.1, 0.15) is 5.82 Å². The first-order valence-corrected chi connectivity index (χ1v) is 7.91. The molecule has 25 heavy (non-hydrogen) atoms. The third-order valence-electron chi connectivity index (χ3n) is 3.97. The van der Waals surface area contributed by atoms with Crippen molar-refractivity contribution < 1.29 is 9.53 Å². The van der Waals surface area contributed by atoms with Crippen molar-refractivity contribution >= 4 is 30.7 Å². The highest BCUT2D eigenvalue weighted by atomic mass is 35.5. The SMILES string of the molecule is Cc1nccn1-c1ccccc1CNC(=O)CC1CNCCO1.Cl.Cl. The molecule has 1 atom stereocenters. The summed E-state index contributed by atoms with van der Waals surface area (Å²) in [6.07, 6.45) is 4.06. The number of nitrogens with zero attached hydrogens (tertiary/aromatic N) is 2. The van der Waals surface area contributed by atoms with Crippen LogP contribution in [-0.4, -0.2) is 41.3 Å². The van der Waals surface area contributed by atoms with Gasteiger partial charge in [0.2, 0.25) is 5.91 Å². The van der Waals surface area contributed by atoms with Crippen LogP contribution in [0.15, 0.2) is 36.7 Å². The van der Waals surface area contributed by atoms with Crippen LogP contribution < -0.4 is 10.6 Å². The first-order valence-electron chi connectivity index (χ1n) is 7.91. The molecule has 3 rings (SSSR count). The van der Waals surface area contributed by atoms with Gasteiger partial charge >= 0.3 is 0 Å². The average molecular weight is 387 g/mol. The van der Waals surface area contributed by atoms with E-state index in [0.717, 1.165) is 30.2 Å². The summed E-state index contributed by atoms with van der Waals surface area (Å²) in [6.45, 7) is 4.71. The predicted molar refractivity (Wildman–Crippen MR) is 102 cm³/mol. The minimum atomic E-state index is -0.0325. The normalized spacial score (nSPS) is 16.4. The number of hydrogen-bond acceptors (Lipinski definition) is 4. The molecular weight excluding hydrogens is 363 g/mol. The van der Waals surface area contributed by atoms with Crippen molar-refractivity contribution in [2.45, 2.75) is 26.0 Å². The zero-order valence-electron chi connectivity index (χ0n) is 14.1. The number of nitrogens with one attached hydrogen (secondary N) is 2. The lowest BCUT2D eigenvalue weighted by Crippen LogP contribution is -2.41. The van der Waals surface area contributed by atoms with Gasteiger partial charge < -0.3 is 19.9 Å². The van der Waals surface area contributed by atoms with E-state index in [9.17, 15) is 4.79 Å². The van der Waals surface area contributed by atoms with Gasteiger partial charge in [-0.15, -0.1) is 24.8 Å². The number of benzene rings is 1. The Bertz CT molecular complexity index is 672. The topological polar surface area (TPSA) is 68.2 Å². The van der Waals surface area contributed by atoms with Gasteiger partial charge in [-0.25, -0.2) is 4.98 Å². The van der Waals surface area contributed by atoms with E-state index in [-0.39, 0.29) is 36.8 Å². The van der Waals surface area contributed by atoms with Crippen molar-refractivity contribution in [1.82, 2.24) is 20.2 Å². The molecule has 0 bridgehead atoms. The monoisotopic (exact) mass is 386 g/mol. The Balaban J connectivity index is 0.00000156. The summed E-state index contributed by atoms with van der Waals surface area (Å²) in [5, 5.41) is 6.22. The van der Waals surface area contributed by atoms with Gasteiger partial charge in [0.15, 0.2) is 0 Å². The van der Waals surface area contributed by atoms with Gasteiger partial charge in [-0.2, -0.15) is 0 Å². The number of ether oxygens (including phenoxy) is 1. The van der Waals surface area contributed by atoms with Crippen molar-refractivity contribution in [2.24, 2.45) is 0 Å². The van der Waals surface area contributed by atoms with Crippen LogP contribution in [0.4, 0.5) is 0 Å². The number of aromatic nitrogens is 2. The minimum Gasteiger partial charge on any atom is -0.375 e. The van der Waals surface area contributed by atoms with E-state index in [0.29, 0.717) is 19.6 Å². The molecule has 1 saturated heterocycles. The maximum absolute atomic E-state index is 12.1. The fourth-order valence-corrected chi connectivity index (χ4v) is 2.75. The van der Waals surface area contributed by atoms with Crippen molar-refractivity contribution in [3.63, 3.8) is 0 Å². The summed E-state index contributed by atoms with van der Waals surface area (Å²) in [5.41, 5.74) is 2.10. The summed E-state index contributed by atoms with van der Waals surface area (Å²) in [4.78, 5) is 16.4. The number of amides is 1. The van der Waals surface area contributed by atoms with Crippen molar-refractivity contribution in [1.29, 1.82) is 0 Å². The van der Waals surface area contributed by atoms with Gasteiger partial charge in [0.25, 0.3) is 0 Å². The molecule has 0 radical (unpaired) electrons. The Labute approximate surface area is 160 Å². The molecule has 2 N–H and O–H groups in total. The standard InChI is InChI=1S/C17H22N4O2.2ClH/c1-13-19-6-8-21(13)16-5-3-2-4-14(16)11-20-17(22)10-15-12-18-7-9-23-15;;/h2-6,8,15,18H,7,9-12H2,1H3,(H,20,22);2*1H. The Morgan fingerprint density at radius 3 is 2.88 bits per heavy atom. The highest BCUT2D eigenvalue weighted by Gasteiger charge is 2.17. The largest absolute Gasteiger partial charge is 0.375 e. The molecule has 1 amide bonds. The third-order valence-corrected chi connectivity index (χ3v) is 3.97. The smallest absolute Gasteiger partial charge is 0.222 e. The number of halogens is 2. The number of para-hydroxylation sites is 1. The lowest BCUT2D eigenvalue weighted by atomic mass is 10.1. The zero-order valence-corrected chi connectivity index (χ0v) is 15.7. The molecule has 1 unspecified atom stereocenters. The molecule has 0 saturated carbocycles. The van der Waals surface area contributed by atoms with Gasteiger partial charge in [0, 0.05) is 32.0 Å². The number of rotatable bonds is 5. The molecule has 1 aromatic heterocycles. The third kappa shape index (κ3) is 5.71. The van der Waals surface area contributed by atoms with E-state index in [4.69, 9.17) is 4.74 Å². The minimum absolute atomic E-state index is 0. The first kappa shape index (κ1) is 21.4. The second-order valence-electron chi connectivity index (χ2n) is 5.65. The van der Waals surface area contributed by atoms with E-state index >= 15 is 0 Å². The van der Waals surface area contributed by atoms with E-state index in [2.05, 4.69) is 15.6 Å². The molecule has 1 aliphatic heterocycles. The molecule has 6 nitrogen and oxygen atoms in total. The van der Waals surface area contributed by atoms with E-state index in [1.165, 1.54) is 0 Å². The van der Waals surface area contributed by atoms with Crippen LogP contribution in [0.3, 0.4) is 0 Å². The Hall–Kier alpha value is -1.60. The van der Waals surface area contributed by atoms with Crippen molar-refractivity contribution in [2.75, 3.05) is 19.7 Å².